The minimum absolute atomic E-state index is 0.158. The molecule has 0 saturated heterocycles. The van der Waals surface area contributed by atoms with Gasteiger partial charge in [-0.15, -0.1) is 0 Å². The van der Waals surface area contributed by atoms with Crippen LogP contribution in [0, 0.1) is 0 Å². The second-order valence-corrected chi connectivity index (χ2v) is 3.28. The van der Waals surface area contributed by atoms with Crippen LogP contribution in [0.4, 0.5) is 0 Å². The van der Waals surface area contributed by atoms with E-state index in [1.807, 2.05) is 6.07 Å². The van der Waals surface area contributed by atoms with Gasteiger partial charge < -0.3 is 4.42 Å². The standard InChI is InChI=1S/C12H16O2/c1-3-10(4-2)7-12(13)8-11-5-6-14-9-11/h5-7,9H,3-4,8H2,1-2H3. The van der Waals surface area contributed by atoms with Crippen molar-refractivity contribution < 1.29 is 9.21 Å². The summed E-state index contributed by atoms with van der Waals surface area (Å²) >= 11 is 0. The highest BCUT2D eigenvalue weighted by Gasteiger charge is 2.02. The molecule has 1 aromatic heterocycles. The highest BCUT2D eigenvalue weighted by atomic mass is 16.3. The van der Waals surface area contributed by atoms with Gasteiger partial charge in [-0.05, 0) is 30.5 Å². The Morgan fingerprint density at radius 3 is 2.64 bits per heavy atom. The Bertz CT molecular complexity index is 301. The van der Waals surface area contributed by atoms with Crippen molar-refractivity contribution in [1.82, 2.24) is 0 Å². The molecular weight excluding hydrogens is 176 g/mol. The lowest BCUT2D eigenvalue weighted by atomic mass is 10.1. The number of carbonyl (C=O) groups is 1. The summed E-state index contributed by atoms with van der Waals surface area (Å²) in [5.41, 5.74) is 2.15. The lowest BCUT2D eigenvalue weighted by Gasteiger charge is -1.98. The number of carbonyl (C=O) groups excluding carboxylic acids is 1. The third-order valence-electron chi connectivity index (χ3n) is 2.23. The molecule has 0 aliphatic heterocycles. The van der Waals surface area contributed by atoms with Crippen LogP contribution < -0.4 is 0 Å². The molecule has 14 heavy (non-hydrogen) atoms. The monoisotopic (exact) mass is 192 g/mol. The molecule has 0 bridgehead atoms. The molecule has 0 N–H and O–H groups in total. The molecule has 0 spiro atoms. The van der Waals surface area contributed by atoms with Gasteiger partial charge >= 0.3 is 0 Å². The van der Waals surface area contributed by atoms with Gasteiger partial charge in [0, 0.05) is 6.42 Å². The minimum atomic E-state index is 0.158. The lowest BCUT2D eigenvalue weighted by molar-refractivity contribution is -0.114. The maximum Gasteiger partial charge on any atom is 0.160 e. The van der Waals surface area contributed by atoms with Crippen LogP contribution in [0.2, 0.25) is 0 Å². The first-order valence-corrected chi connectivity index (χ1v) is 4.99. The largest absolute Gasteiger partial charge is 0.472 e. The number of ketones is 1. The molecule has 0 atom stereocenters. The maximum atomic E-state index is 11.5. The fraction of sp³-hybridized carbons (Fsp3) is 0.417. The molecule has 76 valence electrons. The highest BCUT2D eigenvalue weighted by Crippen LogP contribution is 2.08. The molecule has 0 aliphatic rings. The van der Waals surface area contributed by atoms with Crippen molar-refractivity contribution in [3.05, 3.63) is 35.8 Å². The normalized spacial score (nSPS) is 9.86. The van der Waals surface area contributed by atoms with Crippen molar-refractivity contribution in [1.29, 1.82) is 0 Å². The van der Waals surface area contributed by atoms with Gasteiger partial charge in [-0.3, -0.25) is 4.79 Å². The summed E-state index contributed by atoms with van der Waals surface area (Å²) in [7, 11) is 0. The van der Waals surface area contributed by atoms with E-state index in [0.717, 1.165) is 18.4 Å². The van der Waals surface area contributed by atoms with Gasteiger partial charge in [0.25, 0.3) is 0 Å². The molecule has 0 fully saturated rings. The number of rotatable bonds is 5. The Kier molecular flexibility index (Phi) is 4.17. The molecule has 0 radical (unpaired) electrons. The van der Waals surface area contributed by atoms with E-state index in [1.54, 1.807) is 18.6 Å². The molecule has 0 unspecified atom stereocenters. The average molecular weight is 192 g/mol. The summed E-state index contributed by atoms with van der Waals surface area (Å²) in [4.78, 5) is 11.5. The molecule has 0 aromatic carbocycles. The van der Waals surface area contributed by atoms with Crippen LogP contribution in [0.1, 0.15) is 32.3 Å². The summed E-state index contributed by atoms with van der Waals surface area (Å²) in [5, 5.41) is 0. The van der Waals surface area contributed by atoms with Gasteiger partial charge in [-0.25, -0.2) is 0 Å². The van der Waals surface area contributed by atoms with Crippen LogP contribution in [0.25, 0.3) is 0 Å². The van der Waals surface area contributed by atoms with Crippen LogP contribution in [0.15, 0.2) is 34.7 Å². The molecule has 0 saturated carbocycles. The van der Waals surface area contributed by atoms with E-state index in [-0.39, 0.29) is 5.78 Å². The lowest BCUT2D eigenvalue weighted by Crippen LogP contribution is -1.98. The second kappa shape index (κ2) is 5.43. The van der Waals surface area contributed by atoms with E-state index in [4.69, 9.17) is 4.42 Å². The number of hydrogen-bond donors (Lipinski definition) is 0. The van der Waals surface area contributed by atoms with Crippen LogP contribution in [-0.2, 0) is 11.2 Å². The van der Waals surface area contributed by atoms with E-state index in [0.29, 0.717) is 6.42 Å². The van der Waals surface area contributed by atoms with Crippen LogP contribution in [0.3, 0.4) is 0 Å². The number of hydrogen-bond acceptors (Lipinski definition) is 2. The van der Waals surface area contributed by atoms with Gasteiger partial charge in [0.15, 0.2) is 5.78 Å². The average Bonchev–Trinajstić information content (AvgIpc) is 2.66. The van der Waals surface area contributed by atoms with E-state index in [2.05, 4.69) is 13.8 Å². The quantitative estimate of drug-likeness (QED) is 0.671. The van der Waals surface area contributed by atoms with E-state index >= 15 is 0 Å². The fourth-order valence-corrected chi connectivity index (χ4v) is 1.33. The van der Waals surface area contributed by atoms with Gasteiger partial charge in [-0.2, -0.15) is 0 Å². The number of furan rings is 1. The second-order valence-electron chi connectivity index (χ2n) is 3.28. The molecule has 0 aliphatic carbocycles. The highest BCUT2D eigenvalue weighted by molar-refractivity contribution is 5.91. The van der Waals surface area contributed by atoms with Crippen molar-refractivity contribution in [2.45, 2.75) is 33.1 Å². The van der Waals surface area contributed by atoms with Crippen LogP contribution in [0.5, 0.6) is 0 Å². The molecule has 1 rings (SSSR count). The molecule has 1 aromatic rings. The molecule has 0 amide bonds. The fourth-order valence-electron chi connectivity index (χ4n) is 1.33. The van der Waals surface area contributed by atoms with Crippen molar-refractivity contribution in [2.75, 3.05) is 0 Å². The first-order valence-electron chi connectivity index (χ1n) is 4.99. The minimum Gasteiger partial charge on any atom is -0.472 e. The summed E-state index contributed by atoms with van der Waals surface area (Å²) in [6, 6.07) is 1.82. The summed E-state index contributed by atoms with van der Waals surface area (Å²) < 4.78 is 4.90. The Labute approximate surface area is 84.6 Å². The first-order chi connectivity index (χ1) is 6.76. The Morgan fingerprint density at radius 1 is 1.43 bits per heavy atom. The third-order valence-corrected chi connectivity index (χ3v) is 2.23. The van der Waals surface area contributed by atoms with E-state index in [9.17, 15) is 4.79 Å². The van der Waals surface area contributed by atoms with E-state index in [1.165, 1.54) is 5.57 Å². The summed E-state index contributed by atoms with van der Waals surface area (Å²) in [6.07, 6.45) is 7.31. The van der Waals surface area contributed by atoms with Gasteiger partial charge in [0.1, 0.15) is 0 Å². The zero-order valence-electron chi connectivity index (χ0n) is 8.75. The summed E-state index contributed by atoms with van der Waals surface area (Å²) in [6.45, 7) is 4.14. The smallest absolute Gasteiger partial charge is 0.160 e. The molecule has 2 nitrogen and oxygen atoms in total. The van der Waals surface area contributed by atoms with Crippen molar-refractivity contribution in [3.63, 3.8) is 0 Å². The van der Waals surface area contributed by atoms with Crippen molar-refractivity contribution in [2.24, 2.45) is 0 Å². The predicted molar refractivity (Wildman–Crippen MR) is 56.1 cm³/mol. The molecular formula is C12H16O2. The zero-order valence-corrected chi connectivity index (χ0v) is 8.75. The summed E-state index contributed by atoms with van der Waals surface area (Å²) in [5.74, 6) is 0.158. The number of allylic oxidation sites excluding steroid dienone is 2. The SMILES string of the molecule is CCC(=CC(=O)Cc1ccoc1)CC. The Balaban J connectivity index is 2.54. The van der Waals surface area contributed by atoms with Crippen molar-refractivity contribution in [3.8, 4) is 0 Å². The topological polar surface area (TPSA) is 30.2 Å². The zero-order chi connectivity index (χ0) is 10.4. The predicted octanol–water partition coefficient (Wildman–Crippen LogP) is 3.14. The molecule has 1 heterocycles. The van der Waals surface area contributed by atoms with Gasteiger partial charge in [-0.1, -0.05) is 19.4 Å². The first kappa shape index (κ1) is 10.8. The Hall–Kier alpha value is -1.31. The third kappa shape index (κ3) is 3.21. The van der Waals surface area contributed by atoms with Gasteiger partial charge in [0.2, 0.25) is 0 Å². The maximum absolute atomic E-state index is 11.5. The van der Waals surface area contributed by atoms with Crippen molar-refractivity contribution >= 4 is 5.78 Å². The van der Waals surface area contributed by atoms with Crippen LogP contribution in [-0.4, -0.2) is 5.78 Å². The molecule has 2 heteroatoms. The Morgan fingerprint density at radius 2 is 2.14 bits per heavy atom. The van der Waals surface area contributed by atoms with E-state index < -0.39 is 0 Å². The van der Waals surface area contributed by atoms with Gasteiger partial charge in [0.05, 0.1) is 12.5 Å². The van der Waals surface area contributed by atoms with Crippen LogP contribution >= 0.6 is 0 Å².